The van der Waals surface area contributed by atoms with Crippen LogP contribution in [0.4, 0.5) is 10.8 Å². The van der Waals surface area contributed by atoms with Crippen LogP contribution in [-0.4, -0.2) is 27.6 Å². The fourth-order valence-corrected chi connectivity index (χ4v) is 2.86. The molecule has 120 valence electrons. The van der Waals surface area contributed by atoms with Gasteiger partial charge in [0.25, 0.3) is 17.4 Å². The van der Waals surface area contributed by atoms with Gasteiger partial charge < -0.3 is 10.1 Å². The predicted octanol–water partition coefficient (Wildman–Crippen LogP) is 2.48. The van der Waals surface area contributed by atoms with Crippen LogP contribution in [0.1, 0.15) is 18.9 Å². The molecule has 1 unspecified atom stereocenters. The van der Waals surface area contributed by atoms with E-state index in [4.69, 9.17) is 16.3 Å². The molecule has 0 radical (unpaired) electrons. The zero-order valence-electron chi connectivity index (χ0n) is 12.3. The van der Waals surface area contributed by atoms with Crippen LogP contribution in [0, 0.1) is 0 Å². The molecule has 2 N–H and O–H groups in total. The standard InChI is InChI=1S/C14H13ClN4O3S/c1-3-10-18-19-13(23-10)17-12(21)14(2)11(20)16-8-6-7(15)4-5-9(8)22-14/h4-6H,3H2,1-2H3,(H,16,20)(H,17,19,21). The summed E-state index contributed by atoms with van der Waals surface area (Å²) in [5.41, 5.74) is -1.28. The largest absolute Gasteiger partial charge is 0.466 e. The number of anilines is 2. The molecule has 1 aliphatic heterocycles. The fraction of sp³-hybridized carbons (Fsp3) is 0.286. The molecule has 23 heavy (non-hydrogen) atoms. The molecule has 1 aliphatic rings. The highest BCUT2D eigenvalue weighted by Crippen LogP contribution is 2.36. The Morgan fingerprint density at radius 2 is 2.26 bits per heavy atom. The molecule has 0 spiro atoms. The number of hydrogen-bond donors (Lipinski definition) is 2. The van der Waals surface area contributed by atoms with Gasteiger partial charge in [0.05, 0.1) is 5.69 Å². The Kier molecular flexibility index (Phi) is 3.95. The lowest BCUT2D eigenvalue weighted by Gasteiger charge is -2.32. The second kappa shape index (κ2) is 5.78. The normalized spacial score (nSPS) is 19.5. The maximum Gasteiger partial charge on any atom is 0.280 e. The Balaban J connectivity index is 1.84. The molecular weight excluding hydrogens is 340 g/mol. The van der Waals surface area contributed by atoms with Gasteiger partial charge in [-0.05, 0) is 31.5 Å². The lowest BCUT2D eigenvalue weighted by atomic mass is 10.0. The molecule has 3 rings (SSSR count). The molecule has 7 nitrogen and oxygen atoms in total. The topological polar surface area (TPSA) is 93.2 Å². The average molecular weight is 353 g/mol. The van der Waals surface area contributed by atoms with Gasteiger partial charge in [-0.15, -0.1) is 10.2 Å². The highest BCUT2D eigenvalue weighted by molar-refractivity contribution is 7.15. The zero-order chi connectivity index (χ0) is 16.6. The Morgan fingerprint density at radius 1 is 1.48 bits per heavy atom. The van der Waals surface area contributed by atoms with E-state index in [0.717, 1.165) is 11.4 Å². The predicted molar refractivity (Wildman–Crippen MR) is 87.0 cm³/mol. The maximum absolute atomic E-state index is 12.5. The molecule has 1 aromatic heterocycles. The lowest BCUT2D eigenvalue weighted by molar-refractivity contribution is -0.143. The van der Waals surface area contributed by atoms with Crippen LogP contribution in [0.25, 0.3) is 0 Å². The van der Waals surface area contributed by atoms with Gasteiger partial charge >= 0.3 is 0 Å². The minimum Gasteiger partial charge on any atom is -0.466 e. The fourth-order valence-electron chi connectivity index (χ4n) is 2.01. The molecule has 0 saturated heterocycles. The number of nitrogens with zero attached hydrogens (tertiary/aromatic N) is 2. The molecule has 2 aromatic rings. The third-order valence-electron chi connectivity index (χ3n) is 3.36. The monoisotopic (exact) mass is 352 g/mol. The molecule has 9 heteroatoms. The summed E-state index contributed by atoms with van der Waals surface area (Å²) in [6.45, 7) is 3.34. The number of carbonyl (C=O) groups excluding carboxylic acids is 2. The SMILES string of the molecule is CCc1nnc(NC(=O)C2(C)Oc3ccc(Cl)cc3NC2=O)s1. The molecule has 0 aliphatic carbocycles. The van der Waals surface area contributed by atoms with Crippen molar-refractivity contribution in [2.75, 3.05) is 10.6 Å². The second-order valence-electron chi connectivity index (χ2n) is 5.04. The van der Waals surface area contributed by atoms with E-state index in [1.54, 1.807) is 18.2 Å². The van der Waals surface area contributed by atoms with Crippen molar-refractivity contribution in [3.8, 4) is 5.75 Å². The number of benzene rings is 1. The first kappa shape index (κ1) is 15.7. The van der Waals surface area contributed by atoms with Gasteiger partial charge in [0.15, 0.2) is 0 Å². The van der Waals surface area contributed by atoms with Gasteiger partial charge in [-0.2, -0.15) is 0 Å². The highest BCUT2D eigenvalue weighted by Gasteiger charge is 2.47. The van der Waals surface area contributed by atoms with E-state index in [-0.39, 0.29) is 0 Å². The van der Waals surface area contributed by atoms with Crippen LogP contribution in [-0.2, 0) is 16.0 Å². The van der Waals surface area contributed by atoms with Crippen LogP contribution in [0.3, 0.4) is 0 Å². The van der Waals surface area contributed by atoms with E-state index in [1.807, 2.05) is 6.92 Å². The number of ether oxygens (including phenoxy) is 1. The Hall–Kier alpha value is -2.19. The summed E-state index contributed by atoms with van der Waals surface area (Å²) in [7, 11) is 0. The summed E-state index contributed by atoms with van der Waals surface area (Å²) >= 11 is 7.14. The summed E-state index contributed by atoms with van der Waals surface area (Å²) in [6, 6.07) is 4.78. The third kappa shape index (κ3) is 2.87. The summed E-state index contributed by atoms with van der Waals surface area (Å²) < 4.78 is 5.63. The molecule has 1 aromatic carbocycles. The summed E-state index contributed by atoms with van der Waals surface area (Å²) in [5.74, 6) is -0.822. The summed E-state index contributed by atoms with van der Waals surface area (Å²) in [5, 5.41) is 14.6. The van der Waals surface area contributed by atoms with E-state index >= 15 is 0 Å². The lowest BCUT2D eigenvalue weighted by Crippen LogP contribution is -2.56. The Morgan fingerprint density at radius 3 is 2.96 bits per heavy atom. The van der Waals surface area contributed by atoms with Crippen molar-refractivity contribution in [1.29, 1.82) is 0 Å². The highest BCUT2D eigenvalue weighted by atomic mass is 35.5. The molecule has 0 saturated carbocycles. The number of aryl methyl sites for hydroxylation is 1. The van der Waals surface area contributed by atoms with E-state index in [1.165, 1.54) is 18.3 Å². The quantitative estimate of drug-likeness (QED) is 0.828. The number of aromatic nitrogens is 2. The number of fused-ring (bicyclic) bond motifs is 1. The van der Waals surface area contributed by atoms with Gasteiger partial charge in [0.1, 0.15) is 10.8 Å². The van der Waals surface area contributed by atoms with E-state index < -0.39 is 17.4 Å². The van der Waals surface area contributed by atoms with Crippen molar-refractivity contribution in [3.05, 3.63) is 28.2 Å². The van der Waals surface area contributed by atoms with Crippen molar-refractivity contribution in [2.45, 2.75) is 25.9 Å². The minimum atomic E-state index is -1.71. The third-order valence-corrected chi connectivity index (χ3v) is 4.58. The smallest absolute Gasteiger partial charge is 0.280 e. The van der Waals surface area contributed by atoms with Gasteiger partial charge in [-0.3, -0.25) is 14.9 Å². The molecule has 2 heterocycles. The van der Waals surface area contributed by atoms with Crippen LogP contribution < -0.4 is 15.4 Å². The minimum absolute atomic E-state index is 0.325. The number of hydrogen-bond acceptors (Lipinski definition) is 6. The van der Waals surface area contributed by atoms with Crippen LogP contribution in [0.15, 0.2) is 18.2 Å². The maximum atomic E-state index is 12.5. The molecule has 0 fully saturated rings. The van der Waals surface area contributed by atoms with Crippen molar-refractivity contribution >= 4 is 45.6 Å². The van der Waals surface area contributed by atoms with E-state index in [0.29, 0.717) is 21.6 Å². The van der Waals surface area contributed by atoms with Crippen LogP contribution >= 0.6 is 22.9 Å². The second-order valence-corrected chi connectivity index (χ2v) is 6.54. The van der Waals surface area contributed by atoms with Gasteiger partial charge in [-0.1, -0.05) is 29.9 Å². The molecule has 2 amide bonds. The molecule has 0 bridgehead atoms. The molecular formula is C14H13ClN4O3S. The van der Waals surface area contributed by atoms with Gasteiger partial charge in [0.2, 0.25) is 5.13 Å². The number of carbonyl (C=O) groups is 2. The summed E-state index contributed by atoms with van der Waals surface area (Å²) in [4.78, 5) is 24.8. The van der Waals surface area contributed by atoms with Crippen molar-refractivity contribution in [3.63, 3.8) is 0 Å². The number of nitrogens with one attached hydrogen (secondary N) is 2. The summed E-state index contributed by atoms with van der Waals surface area (Å²) in [6.07, 6.45) is 0.718. The van der Waals surface area contributed by atoms with E-state index in [9.17, 15) is 9.59 Å². The van der Waals surface area contributed by atoms with E-state index in [2.05, 4.69) is 20.8 Å². The van der Waals surface area contributed by atoms with Crippen molar-refractivity contribution < 1.29 is 14.3 Å². The van der Waals surface area contributed by atoms with Crippen molar-refractivity contribution in [1.82, 2.24) is 10.2 Å². The first-order valence-electron chi connectivity index (χ1n) is 6.86. The Labute approximate surface area is 141 Å². The van der Waals surface area contributed by atoms with Crippen molar-refractivity contribution in [2.24, 2.45) is 0 Å². The first-order valence-corrected chi connectivity index (χ1v) is 8.05. The number of amides is 2. The van der Waals surface area contributed by atoms with Gasteiger partial charge in [-0.25, -0.2) is 0 Å². The first-order chi connectivity index (χ1) is 10.9. The number of rotatable bonds is 3. The van der Waals surface area contributed by atoms with Gasteiger partial charge in [0, 0.05) is 5.02 Å². The number of halogens is 1. The zero-order valence-corrected chi connectivity index (χ0v) is 13.9. The van der Waals surface area contributed by atoms with Crippen LogP contribution in [0.2, 0.25) is 5.02 Å². The average Bonchev–Trinajstić information content (AvgIpc) is 2.96. The van der Waals surface area contributed by atoms with Crippen LogP contribution in [0.5, 0.6) is 5.75 Å². The molecule has 1 atom stereocenters. The Bertz CT molecular complexity index is 794.